The van der Waals surface area contributed by atoms with Gasteiger partial charge in [0.1, 0.15) is 11.5 Å². The minimum atomic E-state index is 0.0744. The van der Waals surface area contributed by atoms with Gasteiger partial charge in [0, 0.05) is 0 Å². The first-order valence-electron chi connectivity index (χ1n) is 6.76. The highest BCUT2D eigenvalue weighted by Crippen LogP contribution is 2.29. The standard InChI is InChI=1S/C17H18O2/c1-12-9-16(8-6-15(12)11-18)19-17-7-5-13-3-2-4-14(13)10-17/h5-10,18H,2-4,11H2,1H3. The van der Waals surface area contributed by atoms with E-state index in [2.05, 4.69) is 12.1 Å². The smallest absolute Gasteiger partial charge is 0.127 e. The Morgan fingerprint density at radius 1 is 1.00 bits per heavy atom. The molecule has 2 aromatic rings. The van der Waals surface area contributed by atoms with Crippen LogP contribution in [0, 0.1) is 6.92 Å². The van der Waals surface area contributed by atoms with Crippen molar-refractivity contribution in [3.63, 3.8) is 0 Å². The molecule has 2 aromatic carbocycles. The summed E-state index contributed by atoms with van der Waals surface area (Å²) >= 11 is 0. The molecule has 0 aliphatic heterocycles. The highest BCUT2D eigenvalue weighted by Gasteiger charge is 2.11. The van der Waals surface area contributed by atoms with Crippen LogP contribution in [-0.4, -0.2) is 5.11 Å². The maximum absolute atomic E-state index is 9.16. The number of hydrogen-bond donors (Lipinski definition) is 1. The molecule has 0 spiro atoms. The molecule has 0 atom stereocenters. The highest BCUT2D eigenvalue weighted by molar-refractivity contribution is 5.42. The third-order valence-electron chi connectivity index (χ3n) is 3.79. The van der Waals surface area contributed by atoms with Crippen molar-refractivity contribution in [1.82, 2.24) is 0 Å². The topological polar surface area (TPSA) is 29.5 Å². The van der Waals surface area contributed by atoms with Crippen molar-refractivity contribution < 1.29 is 9.84 Å². The minimum absolute atomic E-state index is 0.0744. The third-order valence-corrected chi connectivity index (χ3v) is 3.79. The Labute approximate surface area is 113 Å². The van der Waals surface area contributed by atoms with E-state index in [1.165, 1.54) is 24.0 Å². The molecule has 1 aliphatic rings. The van der Waals surface area contributed by atoms with Crippen LogP contribution in [0.3, 0.4) is 0 Å². The van der Waals surface area contributed by atoms with Gasteiger partial charge in [0.05, 0.1) is 6.61 Å². The second kappa shape index (κ2) is 5.06. The predicted octanol–water partition coefficient (Wildman–Crippen LogP) is 3.77. The van der Waals surface area contributed by atoms with Gasteiger partial charge in [-0.25, -0.2) is 0 Å². The van der Waals surface area contributed by atoms with Crippen molar-refractivity contribution in [2.75, 3.05) is 0 Å². The van der Waals surface area contributed by atoms with Crippen LogP contribution in [0.1, 0.15) is 28.7 Å². The molecule has 0 fully saturated rings. The van der Waals surface area contributed by atoms with E-state index in [4.69, 9.17) is 9.84 Å². The van der Waals surface area contributed by atoms with Crippen LogP contribution in [0.25, 0.3) is 0 Å². The molecule has 0 unspecified atom stereocenters. The fourth-order valence-electron chi connectivity index (χ4n) is 2.66. The van der Waals surface area contributed by atoms with Gasteiger partial charge in [-0.15, -0.1) is 0 Å². The minimum Gasteiger partial charge on any atom is -0.457 e. The summed E-state index contributed by atoms with van der Waals surface area (Å²) < 4.78 is 5.90. The average molecular weight is 254 g/mol. The fraction of sp³-hybridized carbons (Fsp3) is 0.294. The van der Waals surface area contributed by atoms with Crippen molar-refractivity contribution in [2.45, 2.75) is 32.8 Å². The number of hydrogen-bond acceptors (Lipinski definition) is 2. The van der Waals surface area contributed by atoms with Crippen molar-refractivity contribution in [3.05, 3.63) is 58.7 Å². The van der Waals surface area contributed by atoms with E-state index in [0.29, 0.717) is 0 Å². The Morgan fingerprint density at radius 2 is 1.74 bits per heavy atom. The molecule has 98 valence electrons. The first-order valence-corrected chi connectivity index (χ1v) is 6.76. The van der Waals surface area contributed by atoms with Crippen LogP contribution in [0.4, 0.5) is 0 Å². The third kappa shape index (κ3) is 2.49. The molecule has 0 saturated carbocycles. The Hall–Kier alpha value is -1.80. The lowest BCUT2D eigenvalue weighted by molar-refractivity contribution is 0.281. The Kier molecular flexibility index (Phi) is 3.26. The highest BCUT2D eigenvalue weighted by atomic mass is 16.5. The molecule has 0 bridgehead atoms. The van der Waals surface area contributed by atoms with E-state index < -0.39 is 0 Å². The Balaban J connectivity index is 1.83. The molecule has 0 radical (unpaired) electrons. The van der Waals surface area contributed by atoms with E-state index in [9.17, 15) is 0 Å². The van der Waals surface area contributed by atoms with Crippen LogP contribution < -0.4 is 4.74 Å². The van der Waals surface area contributed by atoms with Crippen molar-refractivity contribution >= 4 is 0 Å². The van der Waals surface area contributed by atoms with Gasteiger partial charge in [-0.1, -0.05) is 12.1 Å². The van der Waals surface area contributed by atoms with E-state index in [1.54, 1.807) is 0 Å². The van der Waals surface area contributed by atoms with Crippen LogP contribution >= 0.6 is 0 Å². The summed E-state index contributed by atoms with van der Waals surface area (Å²) in [6, 6.07) is 12.2. The number of aryl methyl sites for hydroxylation is 3. The summed E-state index contributed by atoms with van der Waals surface area (Å²) in [5.41, 5.74) is 4.88. The maximum Gasteiger partial charge on any atom is 0.127 e. The molecule has 0 heterocycles. The molecule has 2 nitrogen and oxygen atoms in total. The largest absolute Gasteiger partial charge is 0.457 e. The van der Waals surface area contributed by atoms with Gasteiger partial charge in [0.2, 0.25) is 0 Å². The van der Waals surface area contributed by atoms with Gasteiger partial charge >= 0.3 is 0 Å². The van der Waals surface area contributed by atoms with Gasteiger partial charge in [0.25, 0.3) is 0 Å². The second-order valence-electron chi connectivity index (χ2n) is 5.13. The molecular formula is C17H18O2. The Morgan fingerprint density at radius 3 is 2.53 bits per heavy atom. The normalized spacial score (nSPS) is 13.4. The number of aliphatic hydroxyl groups excluding tert-OH is 1. The number of rotatable bonds is 3. The van der Waals surface area contributed by atoms with Gasteiger partial charge in [0.15, 0.2) is 0 Å². The average Bonchev–Trinajstić information content (AvgIpc) is 2.86. The number of benzene rings is 2. The zero-order valence-corrected chi connectivity index (χ0v) is 11.1. The maximum atomic E-state index is 9.16. The lowest BCUT2D eigenvalue weighted by Gasteiger charge is -2.10. The molecule has 2 heteroatoms. The number of fused-ring (bicyclic) bond motifs is 1. The summed E-state index contributed by atoms with van der Waals surface area (Å²) in [5.74, 6) is 1.73. The lowest BCUT2D eigenvalue weighted by Crippen LogP contribution is -1.91. The molecule has 19 heavy (non-hydrogen) atoms. The molecule has 0 amide bonds. The number of aliphatic hydroxyl groups is 1. The van der Waals surface area contributed by atoms with E-state index in [-0.39, 0.29) is 6.61 Å². The van der Waals surface area contributed by atoms with Crippen LogP contribution in [0.15, 0.2) is 36.4 Å². The second-order valence-corrected chi connectivity index (χ2v) is 5.13. The fourth-order valence-corrected chi connectivity index (χ4v) is 2.66. The molecule has 1 aliphatic carbocycles. The lowest BCUT2D eigenvalue weighted by atomic mass is 10.1. The van der Waals surface area contributed by atoms with Crippen LogP contribution in [0.5, 0.6) is 11.5 Å². The zero-order chi connectivity index (χ0) is 13.2. The summed E-state index contributed by atoms with van der Waals surface area (Å²) in [5, 5.41) is 9.16. The first kappa shape index (κ1) is 12.2. The van der Waals surface area contributed by atoms with E-state index in [0.717, 1.165) is 29.0 Å². The van der Waals surface area contributed by atoms with Gasteiger partial charge in [-0.05, 0) is 72.7 Å². The van der Waals surface area contributed by atoms with Gasteiger partial charge in [-0.3, -0.25) is 0 Å². The quantitative estimate of drug-likeness (QED) is 0.903. The van der Waals surface area contributed by atoms with E-state index in [1.807, 2.05) is 31.2 Å². The summed E-state index contributed by atoms with van der Waals surface area (Å²) in [6.45, 7) is 2.06. The molecular weight excluding hydrogens is 236 g/mol. The van der Waals surface area contributed by atoms with E-state index >= 15 is 0 Å². The first-order chi connectivity index (χ1) is 9.26. The van der Waals surface area contributed by atoms with Crippen molar-refractivity contribution in [2.24, 2.45) is 0 Å². The van der Waals surface area contributed by atoms with Crippen molar-refractivity contribution in [3.8, 4) is 11.5 Å². The SMILES string of the molecule is Cc1cc(Oc2ccc3c(c2)CCC3)ccc1CO. The summed E-state index contributed by atoms with van der Waals surface area (Å²) in [6.07, 6.45) is 3.61. The van der Waals surface area contributed by atoms with Crippen LogP contribution in [-0.2, 0) is 19.4 Å². The monoisotopic (exact) mass is 254 g/mol. The zero-order valence-electron chi connectivity index (χ0n) is 11.1. The molecule has 1 N–H and O–H groups in total. The van der Waals surface area contributed by atoms with Crippen molar-refractivity contribution in [1.29, 1.82) is 0 Å². The molecule has 3 rings (SSSR count). The van der Waals surface area contributed by atoms with Crippen LogP contribution in [0.2, 0.25) is 0 Å². The summed E-state index contributed by atoms with van der Waals surface area (Å²) in [7, 11) is 0. The molecule has 0 aromatic heterocycles. The van der Waals surface area contributed by atoms with Gasteiger partial charge < -0.3 is 9.84 Å². The molecule has 0 saturated heterocycles. The van der Waals surface area contributed by atoms with Gasteiger partial charge in [-0.2, -0.15) is 0 Å². The summed E-state index contributed by atoms with van der Waals surface area (Å²) in [4.78, 5) is 0. The Bertz CT molecular complexity index is 602. The predicted molar refractivity (Wildman–Crippen MR) is 75.6 cm³/mol. The number of ether oxygens (including phenoxy) is 1.